The van der Waals surface area contributed by atoms with Gasteiger partial charge in [-0.25, -0.2) is 12.8 Å². The average molecular weight is 474 g/mol. The molecule has 7 nitrogen and oxygen atoms in total. The van der Waals surface area contributed by atoms with Crippen LogP contribution >= 0.6 is 0 Å². The molecule has 176 valence electrons. The number of hydrogen-bond acceptors (Lipinski definition) is 4. The number of anilines is 2. The summed E-state index contributed by atoms with van der Waals surface area (Å²) in [5.41, 5.74) is 1.80. The molecule has 2 aromatic rings. The molecule has 0 spiro atoms. The highest BCUT2D eigenvalue weighted by Gasteiger charge is 2.43. The number of aryl methyl sites for hydroxylation is 1. The van der Waals surface area contributed by atoms with E-state index in [1.54, 1.807) is 44.9 Å². The Labute approximate surface area is 193 Å². The van der Waals surface area contributed by atoms with Crippen LogP contribution < -0.4 is 10.2 Å². The molecule has 0 atom stereocenters. The third kappa shape index (κ3) is 4.04. The van der Waals surface area contributed by atoms with Crippen molar-refractivity contribution in [2.45, 2.75) is 43.9 Å². The van der Waals surface area contributed by atoms with Gasteiger partial charge in [0.1, 0.15) is 5.82 Å². The Balaban J connectivity index is 1.46. The number of amides is 2. The maximum atomic E-state index is 13.3. The lowest BCUT2D eigenvalue weighted by atomic mass is 9.86. The van der Waals surface area contributed by atoms with Crippen molar-refractivity contribution < 1.29 is 22.4 Å². The highest BCUT2D eigenvalue weighted by molar-refractivity contribution is 7.89. The first kappa shape index (κ1) is 23.4. The van der Waals surface area contributed by atoms with Gasteiger partial charge in [0, 0.05) is 37.4 Å². The summed E-state index contributed by atoms with van der Waals surface area (Å²) >= 11 is 0. The van der Waals surface area contributed by atoms with E-state index in [0.29, 0.717) is 29.7 Å². The summed E-state index contributed by atoms with van der Waals surface area (Å²) in [6.45, 7) is 5.75. The zero-order valence-electron chi connectivity index (χ0n) is 19.2. The van der Waals surface area contributed by atoms with Crippen LogP contribution in [0.25, 0.3) is 0 Å². The van der Waals surface area contributed by atoms with Gasteiger partial charge in [-0.3, -0.25) is 9.59 Å². The Morgan fingerprint density at radius 1 is 1.12 bits per heavy atom. The standard InChI is InChI=1S/C24H28FN3O4S/c1-15-13-17(25)5-7-20(15)26-22(29)16-9-11-28(12-10-16)33(31,32)18-6-8-21-19(14-18)24(2,3)23(30)27(21)4/h5-8,13-14,16H,9-12H2,1-4H3,(H,26,29). The first-order chi connectivity index (χ1) is 15.4. The fraction of sp³-hybridized carbons (Fsp3) is 0.417. The van der Waals surface area contributed by atoms with Gasteiger partial charge in [0.05, 0.1) is 10.3 Å². The lowest BCUT2D eigenvalue weighted by molar-refractivity contribution is -0.122. The van der Waals surface area contributed by atoms with Gasteiger partial charge in [-0.1, -0.05) is 0 Å². The van der Waals surface area contributed by atoms with Gasteiger partial charge < -0.3 is 10.2 Å². The lowest BCUT2D eigenvalue weighted by Crippen LogP contribution is -2.41. The van der Waals surface area contributed by atoms with Crippen LogP contribution in [-0.2, 0) is 25.0 Å². The second kappa shape index (κ2) is 8.22. The van der Waals surface area contributed by atoms with E-state index in [9.17, 15) is 22.4 Å². The fourth-order valence-electron chi connectivity index (χ4n) is 4.62. The molecule has 9 heteroatoms. The van der Waals surface area contributed by atoms with Gasteiger partial charge in [0.25, 0.3) is 0 Å². The van der Waals surface area contributed by atoms with Crippen molar-refractivity contribution in [2.75, 3.05) is 30.4 Å². The van der Waals surface area contributed by atoms with Crippen LogP contribution in [0, 0.1) is 18.7 Å². The number of hydrogen-bond donors (Lipinski definition) is 1. The Kier molecular flexibility index (Phi) is 5.82. The van der Waals surface area contributed by atoms with E-state index in [1.165, 1.54) is 28.6 Å². The summed E-state index contributed by atoms with van der Waals surface area (Å²) in [5, 5.41) is 2.83. The van der Waals surface area contributed by atoms with Crippen molar-refractivity contribution in [3.63, 3.8) is 0 Å². The number of benzene rings is 2. The van der Waals surface area contributed by atoms with Crippen molar-refractivity contribution in [2.24, 2.45) is 5.92 Å². The van der Waals surface area contributed by atoms with Gasteiger partial charge in [-0.05, 0) is 81.1 Å². The first-order valence-corrected chi connectivity index (χ1v) is 12.4. The molecule has 2 heterocycles. The van der Waals surface area contributed by atoms with Gasteiger partial charge in [-0.2, -0.15) is 4.31 Å². The monoisotopic (exact) mass is 473 g/mol. The zero-order valence-corrected chi connectivity index (χ0v) is 20.0. The molecule has 33 heavy (non-hydrogen) atoms. The predicted molar refractivity (Wildman–Crippen MR) is 124 cm³/mol. The minimum Gasteiger partial charge on any atom is -0.326 e. The molecule has 2 aliphatic rings. The summed E-state index contributed by atoms with van der Waals surface area (Å²) < 4.78 is 41.3. The van der Waals surface area contributed by atoms with Crippen LogP contribution in [-0.4, -0.2) is 44.7 Å². The number of carbonyl (C=O) groups is 2. The lowest BCUT2D eigenvalue weighted by Gasteiger charge is -2.31. The number of sulfonamides is 1. The van der Waals surface area contributed by atoms with Crippen molar-refractivity contribution in [3.8, 4) is 0 Å². The Hall–Kier alpha value is -2.78. The Morgan fingerprint density at radius 3 is 2.42 bits per heavy atom. The number of halogens is 1. The number of fused-ring (bicyclic) bond motifs is 1. The van der Waals surface area contributed by atoms with E-state index in [4.69, 9.17) is 0 Å². The fourth-order valence-corrected chi connectivity index (χ4v) is 6.12. The second-order valence-corrected chi connectivity index (χ2v) is 11.2. The smallest absolute Gasteiger partial charge is 0.243 e. The van der Waals surface area contributed by atoms with E-state index in [0.717, 1.165) is 5.69 Å². The number of nitrogens with one attached hydrogen (secondary N) is 1. The molecular weight excluding hydrogens is 445 g/mol. The quantitative estimate of drug-likeness (QED) is 0.737. The molecule has 0 aliphatic carbocycles. The normalized spacial score (nSPS) is 18.9. The minimum atomic E-state index is -3.76. The third-order valence-corrected chi connectivity index (χ3v) is 8.65. The Bertz CT molecular complexity index is 1230. The highest BCUT2D eigenvalue weighted by atomic mass is 32.2. The molecule has 0 radical (unpaired) electrons. The largest absolute Gasteiger partial charge is 0.326 e. The van der Waals surface area contributed by atoms with E-state index in [2.05, 4.69) is 5.32 Å². The van der Waals surface area contributed by atoms with Crippen molar-refractivity contribution in [3.05, 3.63) is 53.3 Å². The number of carbonyl (C=O) groups excluding carboxylic acids is 2. The van der Waals surface area contributed by atoms with Crippen LogP contribution in [0.15, 0.2) is 41.3 Å². The number of piperidine rings is 1. The highest BCUT2D eigenvalue weighted by Crippen LogP contribution is 2.42. The molecule has 0 saturated carbocycles. The third-order valence-electron chi connectivity index (χ3n) is 6.75. The average Bonchev–Trinajstić information content (AvgIpc) is 2.95. The zero-order chi connectivity index (χ0) is 24.1. The topological polar surface area (TPSA) is 86.8 Å². The number of likely N-dealkylation sites (N-methyl/N-ethyl adjacent to an activating group) is 1. The van der Waals surface area contributed by atoms with Crippen molar-refractivity contribution >= 4 is 33.2 Å². The van der Waals surface area contributed by atoms with Crippen LogP contribution in [0.4, 0.5) is 15.8 Å². The van der Waals surface area contributed by atoms with Gasteiger partial charge in [-0.15, -0.1) is 0 Å². The van der Waals surface area contributed by atoms with Gasteiger partial charge >= 0.3 is 0 Å². The number of rotatable bonds is 4. The molecule has 2 amide bonds. The van der Waals surface area contributed by atoms with Gasteiger partial charge in [0.15, 0.2) is 0 Å². The van der Waals surface area contributed by atoms with Crippen molar-refractivity contribution in [1.29, 1.82) is 0 Å². The maximum Gasteiger partial charge on any atom is 0.243 e. The summed E-state index contributed by atoms with van der Waals surface area (Å²) in [7, 11) is -2.07. The predicted octanol–water partition coefficient (Wildman–Crippen LogP) is 3.43. The summed E-state index contributed by atoms with van der Waals surface area (Å²) in [4.78, 5) is 26.9. The molecule has 2 aliphatic heterocycles. The Morgan fingerprint density at radius 2 is 1.79 bits per heavy atom. The molecular formula is C24H28FN3O4S. The molecule has 2 aromatic carbocycles. The van der Waals surface area contributed by atoms with Crippen LogP contribution in [0.5, 0.6) is 0 Å². The van der Waals surface area contributed by atoms with Crippen LogP contribution in [0.1, 0.15) is 37.8 Å². The van der Waals surface area contributed by atoms with E-state index < -0.39 is 15.4 Å². The van der Waals surface area contributed by atoms with Gasteiger partial charge in [0.2, 0.25) is 21.8 Å². The van der Waals surface area contributed by atoms with E-state index >= 15 is 0 Å². The summed E-state index contributed by atoms with van der Waals surface area (Å²) in [6, 6.07) is 8.99. The SMILES string of the molecule is Cc1cc(F)ccc1NC(=O)C1CCN(S(=O)(=O)c2ccc3c(c2)C(C)(C)C(=O)N3C)CC1. The molecule has 1 fully saturated rings. The number of nitrogens with zero attached hydrogens (tertiary/aromatic N) is 2. The molecule has 0 bridgehead atoms. The molecule has 4 rings (SSSR count). The summed E-state index contributed by atoms with van der Waals surface area (Å²) in [5.74, 6) is -0.959. The molecule has 0 unspecified atom stereocenters. The second-order valence-electron chi connectivity index (χ2n) is 9.29. The van der Waals surface area contributed by atoms with Crippen LogP contribution in [0.3, 0.4) is 0 Å². The minimum absolute atomic E-state index is 0.0738. The molecule has 1 N–H and O–H groups in total. The van der Waals surface area contributed by atoms with Crippen molar-refractivity contribution in [1.82, 2.24) is 4.31 Å². The van der Waals surface area contributed by atoms with E-state index in [1.807, 2.05) is 0 Å². The molecule has 0 aromatic heterocycles. The molecule has 1 saturated heterocycles. The summed E-state index contributed by atoms with van der Waals surface area (Å²) in [6.07, 6.45) is 0.784. The van der Waals surface area contributed by atoms with Crippen LogP contribution in [0.2, 0.25) is 0 Å². The first-order valence-electron chi connectivity index (χ1n) is 10.9. The van der Waals surface area contributed by atoms with E-state index in [-0.39, 0.29) is 41.5 Å². The maximum absolute atomic E-state index is 13.3.